The van der Waals surface area contributed by atoms with E-state index in [1.807, 2.05) is 0 Å². The van der Waals surface area contributed by atoms with Crippen LogP contribution in [0, 0.1) is 5.92 Å². The van der Waals surface area contributed by atoms with Crippen LogP contribution in [-0.4, -0.2) is 21.2 Å². The number of hydrogen-bond acceptors (Lipinski definition) is 3. The average molecular weight is 296 g/mol. The number of benzene rings is 1. The molecule has 2 aliphatic carbocycles. The summed E-state index contributed by atoms with van der Waals surface area (Å²) < 4.78 is 0. The molecule has 1 saturated carbocycles. The highest BCUT2D eigenvalue weighted by Gasteiger charge is 2.31. The summed E-state index contributed by atoms with van der Waals surface area (Å²) in [6.07, 6.45) is 10.6. The second kappa shape index (κ2) is 6.21. The van der Waals surface area contributed by atoms with Crippen LogP contribution in [0.2, 0.25) is 0 Å². The summed E-state index contributed by atoms with van der Waals surface area (Å²) in [6, 6.07) is 9.67. The fraction of sp³-hybridized carbons (Fsp3) is 0.556. The van der Waals surface area contributed by atoms with E-state index in [4.69, 9.17) is 0 Å². The molecule has 1 aromatic heterocycles. The zero-order valence-electron chi connectivity index (χ0n) is 13.0. The van der Waals surface area contributed by atoms with Crippen LogP contribution in [0.25, 0.3) is 0 Å². The Bertz CT molecular complexity index is 576. The van der Waals surface area contributed by atoms with E-state index in [0.717, 1.165) is 18.7 Å². The van der Waals surface area contributed by atoms with Crippen molar-refractivity contribution in [3.63, 3.8) is 0 Å². The molecule has 4 heteroatoms. The first-order valence-electron chi connectivity index (χ1n) is 8.58. The fourth-order valence-electron chi connectivity index (χ4n) is 4.20. The molecule has 116 valence electrons. The molecular formula is C18H24N4. The summed E-state index contributed by atoms with van der Waals surface area (Å²) in [7, 11) is 0. The summed E-state index contributed by atoms with van der Waals surface area (Å²) in [6.45, 7) is 0. The molecule has 22 heavy (non-hydrogen) atoms. The minimum atomic E-state index is 0.321. The van der Waals surface area contributed by atoms with Gasteiger partial charge < -0.3 is 5.32 Å². The molecular weight excluding hydrogens is 272 g/mol. The maximum atomic E-state index is 4.45. The van der Waals surface area contributed by atoms with Crippen LogP contribution in [-0.2, 0) is 12.8 Å². The molecule has 0 radical (unpaired) electrons. The molecule has 2 N–H and O–H groups in total. The molecule has 1 atom stereocenters. The van der Waals surface area contributed by atoms with Crippen molar-refractivity contribution in [3.8, 4) is 0 Å². The second-order valence-electron chi connectivity index (χ2n) is 6.79. The van der Waals surface area contributed by atoms with Gasteiger partial charge in [-0.3, -0.25) is 5.10 Å². The molecule has 1 unspecified atom stereocenters. The van der Waals surface area contributed by atoms with Crippen molar-refractivity contribution in [3.05, 3.63) is 47.5 Å². The van der Waals surface area contributed by atoms with Crippen LogP contribution < -0.4 is 5.32 Å². The fourth-order valence-corrected chi connectivity index (χ4v) is 4.20. The molecule has 0 saturated heterocycles. The van der Waals surface area contributed by atoms with E-state index in [9.17, 15) is 0 Å². The predicted octanol–water partition coefficient (Wildman–Crippen LogP) is 3.18. The Labute approximate surface area is 131 Å². The number of hydrogen-bond donors (Lipinski definition) is 2. The summed E-state index contributed by atoms with van der Waals surface area (Å²) in [5, 5.41) is 11.1. The first kappa shape index (κ1) is 13.9. The number of fused-ring (bicyclic) bond motifs is 1. The van der Waals surface area contributed by atoms with Crippen LogP contribution in [0.4, 0.5) is 0 Å². The molecule has 4 nitrogen and oxygen atoms in total. The van der Waals surface area contributed by atoms with Gasteiger partial charge in [0, 0.05) is 6.04 Å². The third kappa shape index (κ3) is 2.80. The third-order valence-electron chi connectivity index (χ3n) is 5.32. The topological polar surface area (TPSA) is 53.6 Å². The van der Waals surface area contributed by atoms with Crippen molar-refractivity contribution in [2.45, 2.75) is 57.0 Å². The number of rotatable bonds is 4. The number of aromatic nitrogens is 3. The quantitative estimate of drug-likeness (QED) is 0.911. The number of nitrogens with zero attached hydrogens (tertiary/aromatic N) is 2. The molecule has 0 spiro atoms. The lowest BCUT2D eigenvalue weighted by Gasteiger charge is -2.31. The molecule has 2 aromatic rings. The smallest absolute Gasteiger partial charge is 0.141 e. The second-order valence-corrected chi connectivity index (χ2v) is 6.79. The van der Waals surface area contributed by atoms with Gasteiger partial charge in [-0.15, -0.1) is 0 Å². The SMILES string of the molecule is c1ccc2c(c1)CC(NC(c1ncn[nH]1)C1CCCCC1)C2. The van der Waals surface area contributed by atoms with E-state index >= 15 is 0 Å². The van der Waals surface area contributed by atoms with Gasteiger partial charge in [-0.1, -0.05) is 43.5 Å². The Balaban J connectivity index is 1.50. The number of aromatic amines is 1. The maximum Gasteiger partial charge on any atom is 0.141 e. The molecule has 1 heterocycles. The number of nitrogens with one attached hydrogen (secondary N) is 2. The molecule has 4 rings (SSSR count). The van der Waals surface area contributed by atoms with Gasteiger partial charge in [0.25, 0.3) is 0 Å². The lowest BCUT2D eigenvalue weighted by Crippen LogP contribution is -2.38. The van der Waals surface area contributed by atoms with E-state index in [-0.39, 0.29) is 0 Å². The first-order chi connectivity index (χ1) is 10.9. The molecule has 1 aromatic carbocycles. The van der Waals surface area contributed by atoms with Gasteiger partial charge in [-0.25, -0.2) is 4.98 Å². The summed E-state index contributed by atoms with van der Waals surface area (Å²) >= 11 is 0. The summed E-state index contributed by atoms with van der Waals surface area (Å²) in [4.78, 5) is 4.45. The minimum Gasteiger partial charge on any atom is -0.304 e. The molecule has 2 aliphatic rings. The molecule has 0 aliphatic heterocycles. The Morgan fingerprint density at radius 1 is 1.05 bits per heavy atom. The van der Waals surface area contributed by atoms with E-state index in [0.29, 0.717) is 18.0 Å². The monoisotopic (exact) mass is 296 g/mol. The van der Waals surface area contributed by atoms with Gasteiger partial charge in [0.05, 0.1) is 6.04 Å². The zero-order chi connectivity index (χ0) is 14.8. The van der Waals surface area contributed by atoms with Crippen molar-refractivity contribution < 1.29 is 0 Å². The van der Waals surface area contributed by atoms with Gasteiger partial charge in [0.1, 0.15) is 12.2 Å². The third-order valence-corrected chi connectivity index (χ3v) is 5.32. The van der Waals surface area contributed by atoms with Crippen molar-refractivity contribution in [1.29, 1.82) is 0 Å². The van der Waals surface area contributed by atoms with E-state index in [1.165, 1.54) is 43.2 Å². The van der Waals surface area contributed by atoms with Crippen molar-refractivity contribution in [1.82, 2.24) is 20.5 Å². The first-order valence-corrected chi connectivity index (χ1v) is 8.58. The van der Waals surface area contributed by atoms with Gasteiger partial charge in [0.2, 0.25) is 0 Å². The lowest BCUT2D eigenvalue weighted by molar-refractivity contribution is 0.247. The van der Waals surface area contributed by atoms with Crippen molar-refractivity contribution in [2.75, 3.05) is 0 Å². The van der Waals surface area contributed by atoms with Crippen LogP contribution in [0.5, 0.6) is 0 Å². The van der Waals surface area contributed by atoms with Crippen LogP contribution in [0.1, 0.15) is 55.1 Å². The van der Waals surface area contributed by atoms with Crippen molar-refractivity contribution >= 4 is 0 Å². The Morgan fingerprint density at radius 2 is 1.77 bits per heavy atom. The van der Waals surface area contributed by atoms with Gasteiger partial charge in [-0.2, -0.15) is 5.10 Å². The largest absolute Gasteiger partial charge is 0.304 e. The highest BCUT2D eigenvalue weighted by molar-refractivity contribution is 5.33. The summed E-state index contributed by atoms with van der Waals surface area (Å²) in [5.41, 5.74) is 3.00. The Hall–Kier alpha value is -1.68. The Kier molecular flexibility index (Phi) is 3.94. The molecule has 0 amide bonds. The Morgan fingerprint density at radius 3 is 2.41 bits per heavy atom. The zero-order valence-corrected chi connectivity index (χ0v) is 13.0. The maximum absolute atomic E-state index is 4.45. The van der Waals surface area contributed by atoms with Gasteiger partial charge in [-0.05, 0) is 42.7 Å². The highest BCUT2D eigenvalue weighted by Crippen LogP contribution is 2.34. The normalized spacial score (nSPS) is 20.9. The molecule has 1 fully saturated rings. The standard InChI is InChI=1S/C18H24N4/c1-2-6-13(7-3-1)17(18-19-12-20-22-18)21-16-10-14-8-4-5-9-15(14)11-16/h4-5,8-9,12-13,16-17,21H,1-3,6-7,10-11H2,(H,19,20,22). The summed E-state index contributed by atoms with van der Waals surface area (Å²) in [5.74, 6) is 1.70. The van der Waals surface area contributed by atoms with E-state index < -0.39 is 0 Å². The highest BCUT2D eigenvalue weighted by atomic mass is 15.2. The van der Waals surface area contributed by atoms with Crippen LogP contribution in [0.3, 0.4) is 0 Å². The average Bonchev–Trinajstić information content (AvgIpc) is 3.22. The van der Waals surface area contributed by atoms with Gasteiger partial charge >= 0.3 is 0 Å². The van der Waals surface area contributed by atoms with Gasteiger partial charge in [0.15, 0.2) is 0 Å². The van der Waals surface area contributed by atoms with E-state index in [1.54, 1.807) is 6.33 Å². The molecule has 0 bridgehead atoms. The minimum absolute atomic E-state index is 0.321. The van der Waals surface area contributed by atoms with Crippen LogP contribution >= 0.6 is 0 Å². The van der Waals surface area contributed by atoms with Crippen LogP contribution in [0.15, 0.2) is 30.6 Å². The van der Waals surface area contributed by atoms with Crippen molar-refractivity contribution in [2.24, 2.45) is 5.92 Å². The predicted molar refractivity (Wildman–Crippen MR) is 86.5 cm³/mol. The lowest BCUT2D eigenvalue weighted by atomic mass is 9.83. The van der Waals surface area contributed by atoms with E-state index in [2.05, 4.69) is 44.8 Å². The number of H-pyrrole nitrogens is 1.